The molecule has 1 rings (SSSR count). The van der Waals surface area contributed by atoms with Crippen LogP contribution in [0.25, 0.3) is 0 Å². The van der Waals surface area contributed by atoms with Gasteiger partial charge in [0, 0.05) is 28.9 Å². The van der Waals surface area contributed by atoms with Gasteiger partial charge in [-0.25, -0.2) is 0 Å². The van der Waals surface area contributed by atoms with Gasteiger partial charge in [-0.1, -0.05) is 29.5 Å². The second-order valence-electron chi connectivity index (χ2n) is 3.95. The Balaban J connectivity index is 3.21. The molecule has 0 aromatic heterocycles. The molecule has 0 fully saturated rings. The molecule has 0 amide bonds. The normalized spacial score (nSPS) is 11.7. The highest BCUT2D eigenvalue weighted by atomic mass is 127. The zero-order valence-electron chi connectivity index (χ0n) is 10.4. The van der Waals surface area contributed by atoms with Crippen LogP contribution in [0, 0.1) is 16.0 Å². The van der Waals surface area contributed by atoms with Crippen LogP contribution in [0.3, 0.4) is 0 Å². The number of hydrogen-bond acceptors (Lipinski definition) is 5. The number of Topliss-reactive ketones (excluding diaryl/α,β-unsaturated/α-hetero) is 1. The molecule has 0 heterocycles. The summed E-state index contributed by atoms with van der Waals surface area (Å²) in [7, 11) is 0. The molecule has 1 atom stereocenters. The first kappa shape index (κ1) is 15.5. The fourth-order valence-corrected chi connectivity index (χ4v) is 1.81. The molecule has 1 aromatic carbocycles. The maximum atomic E-state index is 12.0. The molecule has 0 aliphatic carbocycles. The molecular weight excluding hydrogens is 365 g/mol. The maximum Gasteiger partial charge on any atom is 0.311 e. The van der Waals surface area contributed by atoms with Crippen molar-refractivity contribution in [2.75, 3.05) is 4.43 Å². The quantitative estimate of drug-likeness (QED) is 0.150. The lowest BCUT2D eigenvalue weighted by molar-refractivity contribution is -0.385. The van der Waals surface area contributed by atoms with Crippen molar-refractivity contribution in [3.63, 3.8) is 0 Å². The van der Waals surface area contributed by atoms with Gasteiger partial charge in [0.05, 0.1) is 4.92 Å². The number of benzene rings is 1. The molecule has 19 heavy (non-hydrogen) atoms. The van der Waals surface area contributed by atoms with E-state index in [0.29, 0.717) is 9.99 Å². The zero-order chi connectivity index (χ0) is 14.6. The molecule has 1 unspecified atom stereocenters. The minimum Gasteiger partial charge on any atom is -0.419 e. The van der Waals surface area contributed by atoms with Gasteiger partial charge in [0.2, 0.25) is 5.75 Å². The van der Waals surface area contributed by atoms with E-state index in [4.69, 9.17) is 4.74 Å². The minimum absolute atomic E-state index is 0.141. The second-order valence-corrected chi connectivity index (χ2v) is 4.83. The van der Waals surface area contributed by atoms with Crippen LogP contribution >= 0.6 is 22.6 Å². The van der Waals surface area contributed by atoms with E-state index in [-0.39, 0.29) is 23.1 Å². The number of carbonyl (C=O) groups excluding carboxylic acids is 2. The van der Waals surface area contributed by atoms with Gasteiger partial charge in [0.15, 0.2) is 5.78 Å². The summed E-state index contributed by atoms with van der Waals surface area (Å²) >= 11 is 2.09. The van der Waals surface area contributed by atoms with E-state index in [2.05, 4.69) is 22.6 Å². The summed E-state index contributed by atoms with van der Waals surface area (Å²) in [6.07, 6.45) is 0. The maximum absolute atomic E-state index is 12.0. The van der Waals surface area contributed by atoms with E-state index in [0.717, 1.165) is 6.92 Å². The number of nitrogens with zero attached hydrogens (tertiary/aromatic N) is 1. The largest absolute Gasteiger partial charge is 0.419 e. The minimum atomic E-state index is -0.672. The average molecular weight is 377 g/mol. The number of esters is 1. The van der Waals surface area contributed by atoms with Crippen molar-refractivity contribution in [1.82, 2.24) is 0 Å². The fourth-order valence-electron chi connectivity index (χ4n) is 1.41. The highest BCUT2D eigenvalue weighted by Crippen LogP contribution is 2.29. The second kappa shape index (κ2) is 6.60. The number of rotatable bonds is 5. The molecule has 0 aliphatic heterocycles. The van der Waals surface area contributed by atoms with Crippen LogP contribution in [0.5, 0.6) is 5.75 Å². The van der Waals surface area contributed by atoms with Crippen LogP contribution in [0.15, 0.2) is 18.2 Å². The summed E-state index contributed by atoms with van der Waals surface area (Å²) < 4.78 is 5.41. The molecule has 6 nitrogen and oxygen atoms in total. The molecule has 102 valence electrons. The molecule has 0 radical (unpaired) electrons. The summed E-state index contributed by atoms with van der Waals surface area (Å²) in [6, 6.07) is 3.78. The molecule has 0 saturated carbocycles. The van der Waals surface area contributed by atoms with Crippen LogP contribution in [0.4, 0.5) is 5.69 Å². The van der Waals surface area contributed by atoms with E-state index in [1.807, 2.05) is 0 Å². The number of alkyl halides is 1. The van der Waals surface area contributed by atoms with E-state index in [9.17, 15) is 19.7 Å². The van der Waals surface area contributed by atoms with Crippen molar-refractivity contribution in [1.29, 1.82) is 0 Å². The smallest absolute Gasteiger partial charge is 0.311 e. The Labute approximate surface area is 123 Å². The first-order valence-electron chi connectivity index (χ1n) is 5.43. The number of carbonyl (C=O) groups is 2. The number of ether oxygens (including phenoxy) is 1. The van der Waals surface area contributed by atoms with Gasteiger partial charge in [-0.2, -0.15) is 0 Å². The fraction of sp³-hybridized carbons (Fsp3) is 0.333. The molecule has 0 spiro atoms. The molecule has 7 heteroatoms. The monoisotopic (exact) mass is 377 g/mol. The Morgan fingerprint density at radius 2 is 2.11 bits per heavy atom. The molecule has 0 N–H and O–H groups in total. The number of nitro groups is 1. The lowest BCUT2D eigenvalue weighted by atomic mass is 10.0. The summed E-state index contributed by atoms with van der Waals surface area (Å²) in [6.45, 7) is 2.91. The SMILES string of the molecule is CC(=O)Oc1cc(C(=O)C(C)CI)ccc1[N+](=O)[O-]. The lowest BCUT2D eigenvalue weighted by Crippen LogP contribution is -2.13. The Bertz CT molecular complexity index is 529. The Morgan fingerprint density at radius 3 is 2.58 bits per heavy atom. The number of ketones is 1. The van der Waals surface area contributed by atoms with Gasteiger partial charge in [0.1, 0.15) is 0 Å². The van der Waals surface area contributed by atoms with E-state index in [1.165, 1.54) is 18.2 Å². The number of halogens is 1. The average Bonchev–Trinajstić information content (AvgIpc) is 2.35. The summed E-state index contributed by atoms with van der Waals surface area (Å²) in [5.41, 5.74) is -0.0418. The number of nitro benzene ring substituents is 1. The summed E-state index contributed by atoms with van der Waals surface area (Å²) in [5, 5.41) is 10.8. The van der Waals surface area contributed by atoms with Crippen molar-refractivity contribution in [2.45, 2.75) is 13.8 Å². The molecule has 0 aliphatic rings. The highest BCUT2D eigenvalue weighted by molar-refractivity contribution is 14.1. The molecule has 0 bridgehead atoms. The van der Waals surface area contributed by atoms with E-state index in [1.54, 1.807) is 6.92 Å². The van der Waals surface area contributed by atoms with E-state index >= 15 is 0 Å². The Morgan fingerprint density at radius 1 is 1.47 bits per heavy atom. The van der Waals surface area contributed by atoms with Gasteiger partial charge in [0.25, 0.3) is 0 Å². The Hall–Kier alpha value is -1.51. The van der Waals surface area contributed by atoms with Gasteiger partial charge in [-0.05, 0) is 12.1 Å². The third-order valence-electron chi connectivity index (χ3n) is 2.37. The van der Waals surface area contributed by atoms with Crippen LogP contribution < -0.4 is 4.74 Å². The van der Waals surface area contributed by atoms with Gasteiger partial charge in [-0.15, -0.1) is 0 Å². The summed E-state index contributed by atoms with van der Waals surface area (Å²) in [4.78, 5) is 33.1. The topological polar surface area (TPSA) is 86.5 Å². The first-order valence-corrected chi connectivity index (χ1v) is 6.96. The van der Waals surface area contributed by atoms with Gasteiger partial charge < -0.3 is 4.74 Å². The third-order valence-corrected chi connectivity index (χ3v) is 3.69. The van der Waals surface area contributed by atoms with Crippen molar-refractivity contribution in [2.24, 2.45) is 5.92 Å². The first-order chi connectivity index (χ1) is 8.86. The molecular formula is C12H12INO5. The molecule has 1 aromatic rings. The lowest BCUT2D eigenvalue weighted by Gasteiger charge is -2.08. The standard InChI is InChI=1S/C12H12INO5/c1-7(6-13)12(16)9-3-4-10(14(17)18)11(5-9)19-8(2)15/h3-5,7H,6H2,1-2H3. The third kappa shape index (κ3) is 3.98. The predicted octanol–water partition coefficient (Wildman–Crippen LogP) is 2.77. The van der Waals surface area contributed by atoms with Crippen molar-refractivity contribution < 1.29 is 19.2 Å². The van der Waals surface area contributed by atoms with Crippen LogP contribution in [0.1, 0.15) is 24.2 Å². The van der Waals surface area contributed by atoms with E-state index < -0.39 is 10.9 Å². The van der Waals surface area contributed by atoms with Crippen LogP contribution in [-0.2, 0) is 4.79 Å². The van der Waals surface area contributed by atoms with Crippen molar-refractivity contribution >= 4 is 40.0 Å². The van der Waals surface area contributed by atoms with Crippen LogP contribution in [-0.4, -0.2) is 21.1 Å². The zero-order valence-corrected chi connectivity index (χ0v) is 12.5. The number of hydrogen-bond donors (Lipinski definition) is 0. The van der Waals surface area contributed by atoms with Gasteiger partial charge in [-0.3, -0.25) is 19.7 Å². The predicted molar refractivity (Wildman–Crippen MR) is 76.8 cm³/mol. The van der Waals surface area contributed by atoms with Crippen LogP contribution in [0.2, 0.25) is 0 Å². The van der Waals surface area contributed by atoms with Crippen molar-refractivity contribution in [3.8, 4) is 5.75 Å². The summed E-state index contributed by atoms with van der Waals surface area (Å²) in [5.74, 6) is -1.22. The highest BCUT2D eigenvalue weighted by Gasteiger charge is 2.21. The van der Waals surface area contributed by atoms with Crippen molar-refractivity contribution in [3.05, 3.63) is 33.9 Å². The van der Waals surface area contributed by atoms with Gasteiger partial charge >= 0.3 is 11.7 Å². The Kier molecular flexibility index (Phi) is 5.40. The molecule has 0 saturated heterocycles.